The van der Waals surface area contributed by atoms with Crippen molar-refractivity contribution >= 4 is 24.0 Å². The summed E-state index contributed by atoms with van der Waals surface area (Å²) in [5.74, 6) is -0.696. The van der Waals surface area contributed by atoms with Gasteiger partial charge in [0.2, 0.25) is 5.91 Å². The fourth-order valence-corrected chi connectivity index (χ4v) is 3.23. The number of carboxylic acids is 1. The van der Waals surface area contributed by atoms with Crippen molar-refractivity contribution in [1.29, 1.82) is 0 Å². The maximum atomic E-state index is 12.4. The molecule has 0 aromatic heterocycles. The Bertz CT molecular complexity index is 803. The van der Waals surface area contributed by atoms with Crippen LogP contribution in [0.4, 0.5) is 5.69 Å². The molecule has 0 unspecified atom stereocenters. The minimum atomic E-state index is -0.823. The molecule has 1 saturated heterocycles. The van der Waals surface area contributed by atoms with E-state index in [1.165, 1.54) is 5.56 Å². The monoisotopic (exact) mass is 413 g/mol. The topological polar surface area (TPSA) is 110 Å². The van der Waals surface area contributed by atoms with Gasteiger partial charge in [-0.1, -0.05) is 42.5 Å². The molecule has 8 nitrogen and oxygen atoms in total. The van der Waals surface area contributed by atoms with Gasteiger partial charge in [0.1, 0.15) is 0 Å². The highest BCUT2D eigenvalue weighted by molar-refractivity contribution is 5.78. The average Bonchev–Trinajstić information content (AvgIpc) is 2.75. The zero-order valence-electron chi connectivity index (χ0n) is 16.7. The predicted octanol–water partition coefficient (Wildman–Crippen LogP) is 1.45. The number of aliphatic carboxylic acids is 1. The van der Waals surface area contributed by atoms with Crippen LogP contribution in [0.5, 0.6) is 0 Å². The first kappa shape index (κ1) is 22.9. The molecular weight excluding hydrogens is 386 g/mol. The van der Waals surface area contributed by atoms with Gasteiger partial charge >= 0.3 is 5.97 Å². The number of rotatable bonds is 7. The van der Waals surface area contributed by atoms with Crippen molar-refractivity contribution in [3.05, 3.63) is 65.7 Å². The summed E-state index contributed by atoms with van der Waals surface area (Å²) in [4.78, 5) is 35.6. The second-order valence-corrected chi connectivity index (χ2v) is 6.80. The van der Waals surface area contributed by atoms with Crippen LogP contribution in [-0.4, -0.2) is 66.2 Å². The summed E-state index contributed by atoms with van der Waals surface area (Å²) in [5.41, 5.74) is 3.03. The Morgan fingerprint density at radius 2 is 1.53 bits per heavy atom. The Morgan fingerprint density at radius 3 is 2.10 bits per heavy atom. The molecule has 0 atom stereocenters. The van der Waals surface area contributed by atoms with Crippen LogP contribution < -0.4 is 10.2 Å². The molecule has 1 aliphatic heterocycles. The van der Waals surface area contributed by atoms with E-state index in [2.05, 4.69) is 10.2 Å². The molecule has 2 aromatic carbocycles. The van der Waals surface area contributed by atoms with Gasteiger partial charge in [0.15, 0.2) is 0 Å². The van der Waals surface area contributed by atoms with E-state index in [1.54, 1.807) is 0 Å². The second kappa shape index (κ2) is 12.2. The molecule has 3 N–H and O–H groups in total. The molecule has 1 fully saturated rings. The van der Waals surface area contributed by atoms with Gasteiger partial charge in [-0.3, -0.25) is 14.4 Å². The Kier molecular flexibility index (Phi) is 9.33. The van der Waals surface area contributed by atoms with E-state index in [4.69, 9.17) is 15.0 Å². The van der Waals surface area contributed by atoms with Crippen molar-refractivity contribution < 1.29 is 24.6 Å². The second-order valence-electron chi connectivity index (χ2n) is 6.80. The SMILES string of the molecule is O=C(O)Cc1ccc(N2CCN(C(=O)CNCc3ccccc3)CC2)cc1.O=CO. The van der Waals surface area contributed by atoms with Crippen LogP contribution in [-0.2, 0) is 27.3 Å². The third-order valence-corrected chi connectivity index (χ3v) is 4.74. The zero-order valence-corrected chi connectivity index (χ0v) is 16.7. The van der Waals surface area contributed by atoms with E-state index < -0.39 is 5.97 Å². The Hall–Kier alpha value is -3.39. The number of hydrogen-bond donors (Lipinski definition) is 3. The first-order valence-corrected chi connectivity index (χ1v) is 9.69. The van der Waals surface area contributed by atoms with Crippen LogP contribution in [0.2, 0.25) is 0 Å². The van der Waals surface area contributed by atoms with Gasteiger partial charge in [0.05, 0.1) is 13.0 Å². The Morgan fingerprint density at radius 1 is 0.933 bits per heavy atom. The van der Waals surface area contributed by atoms with E-state index in [1.807, 2.05) is 59.5 Å². The standard InChI is InChI=1S/C21H25N3O3.CH2O2/c25-20(16-22-15-18-4-2-1-3-5-18)24-12-10-23(11-13-24)19-8-6-17(7-9-19)14-21(26)27;2-1-3/h1-9,22H,10-16H2,(H,26,27);1H,(H,2,3). The van der Waals surface area contributed by atoms with Crippen molar-refractivity contribution in [2.45, 2.75) is 13.0 Å². The highest BCUT2D eigenvalue weighted by Gasteiger charge is 2.21. The molecule has 0 aliphatic carbocycles. The van der Waals surface area contributed by atoms with E-state index in [0.29, 0.717) is 26.2 Å². The van der Waals surface area contributed by atoms with E-state index in [9.17, 15) is 9.59 Å². The summed E-state index contributed by atoms with van der Waals surface area (Å²) in [6.07, 6.45) is 0.0402. The predicted molar refractivity (Wildman–Crippen MR) is 113 cm³/mol. The molecule has 1 aliphatic rings. The Labute approximate surface area is 175 Å². The number of benzene rings is 2. The van der Waals surface area contributed by atoms with Crippen LogP contribution in [0.1, 0.15) is 11.1 Å². The largest absolute Gasteiger partial charge is 0.483 e. The van der Waals surface area contributed by atoms with Gasteiger partial charge < -0.3 is 25.3 Å². The summed E-state index contributed by atoms with van der Waals surface area (Å²) < 4.78 is 0. The average molecular weight is 413 g/mol. The number of anilines is 1. The smallest absolute Gasteiger partial charge is 0.307 e. The van der Waals surface area contributed by atoms with Gasteiger partial charge in [0, 0.05) is 38.4 Å². The molecular formula is C22H27N3O5. The quantitative estimate of drug-likeness (QED) is 0.590. The number of nitrogens with zero attached hydrogens (tertiary/aromatic N) is 2. The molecule has 1 heterocycles. The van der Waals surface area contributed by atoms with Crippen LogP contribution in [0.25, 0.3) is 0 Å². The van der Waals surface area contributed by atoms with Crippen molar-refractivity contribution in [1.82, 2.24) is 10.2 Å². The number of piperazine rings is 1. The molecule has 0 bridgehead atoms. The minimum Gasteiger partial charge on any atom is -0.483 e. The van der Waals surface area contributed by atoms with Crippen LogP contribution >= 0.6 is 0 Å². The van der Waals surface area contributed by atoms with Crippen molar-refractivity contribution in [3.8, 4) is 0 Å². The fraction of sp³-hybridized carbons (Fsp3) is 0.318. The normalized spacial score (nSPS) is 13.2. The van der Waals surface area contributed by atoms with Crippen molar-refractivity contribution in [3.63, 3.8) is 0 Å². The maximum Gasteiger partial charge on any atom is 0.307 e. The number of amides is 1. The van der Waals surface area contributed by atoms with Gasteiger partial charge in [-0.25, -0.2) is 0 Å². The summed E-state index contributed by atoms with van der Waals surface area (Å²) in [6, 6.07) is 17.7. The molecule has 1 amide bonds. The third-order valence-electron chi connectivity index (χ3n) is 4.74. The Balaban J connectivity index is 0.00000101. The highest BCUT2D eigenvalue weighted by atomic mass is 16.4. The van der Waals surface area contributed by atoms with Crippen LogP contribution in [0, 0.1) is 0 Å². The molecule has 0 spiro atoms. The molecule has 2 aromatic rings. The number of carboxylic acid groups (broad SMARTS) is 2. The van der Waals surface area contributed by atoms with Crippen molar-refractivity contribution in [2.75, 3.05) is 37.6 Å². The summed E-state index contributed by atoms with van der Waals surface area (Å²) in [6.45, 7) is 3.74. The van der Waals surface area contributed by atoms with Gasteiger partial charge in [-0.05, 0) is 23.3 Å². The van der Waals surface area contributed by atoms with Gasteiger partial charge in [-0.15, -0.1) is 0 Å². The molecule has 0 radical (unpaired) electrons. The maximum absolute atomic E-state index is 12.4. The van der Waals surface area contributed by atoms with Crippen LogP contribution in [0.3, 0.4) is 0 Å². The zero-order chi connectivity index (χ0) is 21.8. The molecule has 160 valence electrons. The fourth-order valence-electron chi connectivity index (χ4n) is 3.23. The minimum absolute atomic E-state index is 0.0402. The van der Waals surface area contributed by atoms with Gasteiger partial charge in [0.25, 0.3) is 6.47 Å². The third kappa shape index (κ3) is 7.56. The molecule has 8 heteroatoms. The summed E-state index contributed by atoms with van der Waals surface area (Å²) in [5, 5.41) is 18.9. The summed E-state index contributed by atoms with van der Waals surface area (Å²) >= 11 is 0. The number of carbonyl (C=O) groups is 3. The van der Waals surface area contributed by atoms with E-state index >= 15 is 0 Å². The number of carbonyl (C=O) groups excluding carboxylic acids is 1. The highest BCUT2D eigenvalue weighted by Crippen LogP contribution is 2.17. The number of nitrogens with one attached hydrogen (secondary N) is 1. The van der Waals surface area contributed by atoms with Crippen LogP contribution in [0.15, 0.2) is 54.6 Å². The first-order chi connectivity index (χ1) is 14.5. The van der Waals surface area contributed by atoms with Crippen molar-refractivity contribution in [2.24, 2.45) is 0 Å². The van der Waals surface area contributed by atoms with E-state index in [0.717, 1.165) is 24.3 Å². The number of hydrogen-bond acceptors (Lipinski definition) is 5. The molecule has 0 saturated carbocycles. The first-order valence-electron chi connectivity index (χ1n) is 9.69. The summed E-state index contributed by atoms with van der Waals surface area (Å²) in [7, 11) is 0. The molecule has 3 rings (SSSR count). The van der Waals surface area contributed by atoms with Gasteiger partial charge in [-0.2, -0.15) is 0 Å². The van der Waals surface area contributed by atoms with E-state index in [-0.39, 0.29) is 18.8 Å². The lowest BCUT2D eigenvalue weighted by Crippen LogP contribution is -2.50. The molecule has 30 heavy (non-hydrogen) atoms. The lowest BCUT2D eigenvalue weighted by molar-refractivity contribution is -0.136. The lowest BCUT2D eigenvalue weighted by atomic mass is 10.1. The lowest BCUT2D eigenvalue weighted by Gasteiger charge is -2.36.